The van der Waals surface area contributed by atoms with Gasteiger partial charge in [-0.05, 0) is 109 Å². The summed E-state index contributed by atoms with van der Waals surface area (Å²) in [6, 6.07) is 93.8. The Hall–Kier alpha value is -8.72. The van der Waals surface area contributed by atoms with Crippen LogP contribution in [0.3, 0.4) is 0 Å². The Kier molecular flexibility index (Phi) is 9.55. The fourth-order valence-corrected chi connectivity index (χ4v) is 11.4. The molecule has 0 bridgehead atoms. The van der Waals surface area contributed by atoms with E-state index in [1.165, 1.54) is 88.2 Å². The summed E-state index contributed by atoms with van der Waals surface area (Å²) in [5.74, 6) is 0. The van der Waals surface area contributed by atoms with E-state index in [0.717, 1.165) is 33.9 Å². The minimum Gasteiger partial charge on any atom is -0.309 e. The van der Waals surface area contributed by atoms with Gasteiger partial charge in [-0.3, -0.25) is 0 Å². The first kappa shape index (κ1) is 40.5. The maximum atomic E-state index is 2.51. The zero-order valence-electron chi connectivity index (χ0n) is 38.6. The number of nitrogens with zero attached hydrogens (tertiary/aromatic N) is 2. The lowest BCUT2D eigenvalue weighted by molar-refractivity contribution is 0.660. The predicted molar refractivity (Wildman–Crippen MR) is 292 cm³/mol. The molecule has 1 aromatic heterocycles. The van der Waals surface area contributed by atoms with Crippen molar-refractivity contribution in [2.75, 3.05) is 4.90 Å². The summed E-state index contributed by atoms with van der Waals surface area (Å²) in [7, 11) is 0. The molecule has 2 nitrogen and oxygen atoms in total. The molecule has 0 fully saturated rings. The highest BCUT2D eigenvalue weighted by Gasteiger charge is 2.35. The molecular weight excluding hydrogens is 833 g/mol. The van der Waals surface area contributed by atoms with Crippen molar-refractivity contribution in [1.82, 2.24) is 4.57 Å². The van der Waals surface area contributed by atoms with E-state index in [1.54, 1.807) is 0 Å². The largest absolute Gasteiger partial charge is 0.309 e. The highest BCUT2D eigenvalue weighted by atomic mass is 15.1. The molecule has 0 amide bonds. The number of para-hydroxylation sites is 5. The van der Waals surface area contributed by atoms with E-state index < -0.39 is 0 Å². The first-order chi connectivity index (χ1) is 34.0. The van der Waals surface area contributed by atoms with Crippen LogP contribution in [0.2, 0.25) is 0 Å². The molecule has 0 spiro atoms. The summed E-state index contributed by atoms with van der Waals surface area (Å²) >= 11 is 0. The van der Waals surface area contributed by atoms with Gasteiger partial charge in [0, 0.05) is 44.3 Å². The van der Waals surface area contributed by atoms with Gasteiger partial charge < -0.3 is 9.47 Å². The molecule has 1 aliphatic rings. The van der Waals surface area contributed by atoms with Crippen LogP contribution in [-0.4, -0.2) is 4.57 Å². The fourth-order valence-electron chi connectivity index (χ4n) is 11.4. The van der Waals surface area contributed by atoms with Crippen LogP contribution in [0.25, 0.3) is 93.9 Å². The van der Waals surface area contributed by atoms with E-state index >= 15 is 0 Å². The molecule has 1 heterocycles. The van der Waals surface area contributed by atoms with Crippen molar-refractivity contribution in [2.45, 2.75) is 19.3 Å². The third-order valence-corrected chi connectivity index (χ3v) is 14.6. The van der Waals surface area contributed by atoms with Crippen molar-refractivity contribution in [3.63, 3.8) is 0 Å². The first-order valence-corrected chi connectivity index (χ1v) is 24.0. The van der Waals surface area contributed by atoms with Crippen LogP contribution in [-0.2, 0) is 5.41 Å². The van der Waals surface area contributed by atoms with Gasteiger partial charge in [-0.2, -0.15) is 0 Å². The number of fused-ring (bicyclic) bond motifs is 7. The Morgan fingerprint density at radius 1 is 0.348 bits per heavy atom. The van der Waals surface area contributed by atoms with Crippen LogP contribution in [0.5, 0.6) is 0 Å². The van der Waals surface area contributed by atoms with Crippen molar-refractivity contribution >= 4 is 49.6 Å². The molecule has 1 aliphatic carbocycles. The molecule has 69 heavy (non-hydrogen) atoms. The van der Waals surface area contributed by atoms with Crippen LogP contribution < -0.4 is 4.90 Å². The van der Waals surface area contributed by atoms with E-state index in [4.69, 9.17) is 0 Å². The van der Waals surface area contributed by atoms with Gasteiger partial charge in [0.25, 0.3) is 0 Å². The molecule has 326 valence electrons. The standard InChI is InChI=1S/C67H48N2/c1-67(2)60-37-13-9-30-54(60)55-42-41-48(44-61(55)67)51-29-10-14-38-62(51)68(63-39-15-11-31-56(63)58-35-19-24-46-23-18-33-52(65(46)58)45-21-5-3-6-22-45)50-28-17-25-47(43-50)53-34-20-36-59-57-32-12-16-40-64(57)69(66(53)59)49-26-7-4-8-27-49/h3-44H,1-2H3. The number of hydrogen-bond acceptors (Lipinski definition) is 1. The van der Waals surface area contributed by atoms with Crippen molar-refractivity contribution in [1.29, 1.82) is 0 Å². The van der Waals surface area contributed by atoms with E-state index in [-0.39, 0.29) is 5.41 Å². The lowest BCUT2D eigenvalue weighted by Gasteiger charge is -2.31. The van der Waals surface area contributed by atoms with E-state index in [0.29, 0.717) is 0 Å². The monoisotopic (exact) mass is 880 g/mol. The Morgan fingerprint density at radius 3 is 1.71 bits per heavy atom. The molecule has 12 aromatic rings. The average Bonchev–Trinajstić information content (AvgIpc) is 3.87. The van der Waals surface area contributed by atoms with Crippen molar-refractivity contribution in [3.05, 3.63) is 266 Å². The van der Waals surface area contributed by atoms with Crippen molar-refractivity contribution < 1.29 is 0 Å². The predicted octanol–water partition coefficient (Wildman–Crippen LogP) is 18.4. The van der Waals surface area contributed by atoms with E-state index in [1.807, 2.05) is 0 Å². The Bertz CT molecular complexity index is 3930. The third-order valence-electron chi connectivity index (χ3n) is 14.6. The van der Waals surface area contributed by atoms with Crippen LogP contribution >= 0.6 is 0 Å². The summed E-state index contributed by atoms with van der Waals surface area (Å²) in [4.78, 5) is 2.51. The van der Waals surface area contributed by atoms with Gasteiger partial charge in [0.05, 0.1) is 22.4 Å². The van der Waals surface area contributed by atoms with Gasteiger partial charge in [0.1, 0.15) is 0 Å². The molecule has 2 heteroatoms. The van der Waals surface area contributed by atoms with E-state index in [9.17, 15) is 0 Å². The minimum atomic E-state index is -0.133. The average molecular weight is 881 g/mol. The van der Waals surface area contributed by atoms with E-state index in [2.05, 4.69) is 278 Å². The van der Waals surface area contributed by atoms with Gasteiger partial charge in [-0.15, -0.1) is 0 Å². The lowest BCUT2D eigenvalue weighted by Crippen LogP contribution is -2.15. The van der Waals surface area contributed by atoms with Crippen LogP contribution in [0.15, 0.2) is 255 Å². The normalized spacial score (nSPS) is 12.6. The third kappa shape index (κ3) is 6.55. The molecule has 0 N–H and O–H groups in total. The summed E-state index contributed by atoms with van der Waals surface area (Å²) in [5.41, 5.74) is 21.5. The van der Waals surface area contributed by atoms with Crippen molar-refractivity contribution in [3.8, 4) is 61.3 Å². The summed E-state index contributed by atoms with van der Waals surface area (Å²) < 4.78 is 2.44. The highest BCUT2D eigenvalue weighted by molar-refractivity contribution is 6.14. The maximum Gasteiger partial charge on any atom is 0.0619 e. The highest BCUT2D eigenvalue weighted by Crippen LogP contribution is 2.52. The topological polar surface area (TPSA) is 8.17 Å². The number of hydrogen-bond donors (Lipinski definition) is 0. The zero-order valence-corrected chi connectivity index (χ0v) is 38.6. The van der Waals surface area contributed by atoms with Gasteiger partial charge in [0.15, 0.2) is 0 Å². The smallest absolute Gasteiger partial charge is 0.0619 e. The quantitative estimate of drug-likeness (QED) is 0.148. The number of benzene rings is 11. The molecule has 0 saturated carbocycles. The van der Waals surface area contributed by atoms with Gasteiger partial charge in [0.2, 0.25) is 0 Å². The molecule has 0 unspecified atom stereocenters. The minimum absolute atomic E-state index is 0.133. The Morgan fingerprint density at radius 2 is 0.899 bits per heavy atom. The number of aromatic nitrogens is 1. The van der Waals surface area contributed by atoms with Crippen LogP contribution in [0, 0.1) is 0 Å². The molecular formula is C67H48N2. The van der Waals surface area contributed by atoms with Gasteiger partial charge in [-0.1, -0.05) is 220 Å². The number of rotatable bonds is 8. The molecule has 13 rings (SSSR count). The molecule has 11 aromatic carbocycles. The van der Waals surface area contributed by atoms with Crippen molar-refractivity contribution in [2.24, 2.45) is 0 Å². The maximum absolute atomic E-state index is 2.51. The lowest BCUT2D eigenvalue weighted by atomic mass is 9.81. The second-order valence-electron chi connectivity index (χ2n) is 18.8. The summed E-state index contributed by atoms with van der Waals surface area (Å²) in [6.45, 7) is 4.74. The molecule has 0 atom stereocenters. The summed E-state index contributed by atoms with van der Waals surface area (Å²) in [5, 5.41) is 4.92. The Labute approximate surface area is 403 Å². The second kappa shape index (κ2) is 16.3. The van der Waals surface area contributed by atoms with Crippen LogP contribution in [0.4, 0.5) is 17.1 Å². The second-order valence-corrected chi connectivity index (χ2v) is 18.8. The molecule has 0 saturated heterocycles. The Balaban J connectivity index is 1.06. The van der Waals surface area contributed by atoms with Crippen LogP contribution in [0.1, 0.15) is 25.0 Å². The molecule has 0 radical (unpaired) electrons. The van der Waals surface area contributed by atoms with Gasteiger partial charge in [-0.25, -0.2) is 0 Å². The molecule has 0 aliphatic heterocycles. The summed E-state index contributed by atoms with van der Waals surface area (Å²) in [6.07, 6.45) is 0. The zero-order chi connectivity index (χ0) is 46.1. The SMILES string of the molecule is CC1(C)c2ccccc2-c2ccc(-c3ccccc3N(c3cccc(-c4cccc5c6ccccc6n(-c6ccccc6)c45)c3)c3ccccc3-c3cccc4cccc(-c5ccccc5)c34)cc21. The number of anilines is 3. The first-order valence-electron chi connectivity index (χ1n) is 24.0. The van der Waals surface area contributed by atoms with Gasteiger partial charge >= 0.3 is 0 Å². The fraction of sp³-hybridized carbons (Fsp3) is 0.0448.